The van der Waals surface area contributed by atoms with Crippen LogP contribution in [0.25, 0.3) is 0 Å². The number of carbonyl (C=O) groups excluding carboxylic acids is 1. The highest BCUT2D eigenvalue weighted by molar-refractivity contribution is 6.42. The Morgan fingerprint density at radius 3 is 2.43 bits per heavy atom. The summed E-state index contributed by atoms with van der Waals surface area (Å²) in [6.45, 7) is 0. The predicted molar refractivity (Wildman–Crippen MR) is 81.0 cm³/mol. The van der Waals surface area contributed by atoms with Crippen molar-refractivity contribution in [1.82, 2.24) is 15.1 Å². The van der Waals surface area contributed by atoms with E-state index in [0.29, 0.717) is 21.5 Å². The topological polar surface area (TPSA) is 81.3 Å². The van der Waals surface area contributed by atoms with E-state index in [4.69, 9.17) is 33.7 Å². The van der Waals surface area contributed by atoms with Crippen LogP contribution < -0.4 is 10.5 Å². The number of nitrogens with two attached hydrogens (primary N) is 1. The molecular formula is C13H12Cl2N4O2. The molecule has 1 aromatic heterocycles. The number of benzene rings is 1. The van der Waals surface area contributed by atoms with Gasteiger partial charge < -0.3 is 15.4 Å². The first-order valence-electron chi connectivity index (χ1n) is 5.86. The fraction of sp³-hybridized carbons (Fsp3) is 0.154. The summed E-state index contributed by atoms with van der Waals surface area (Å²) in [7, 11) is 3.26. The first kappa shape index (κ1) is 15.3. The molecule has 1 amide bonds. The SMILES string of the molecule is CN(C)C(=O)c1ccc(Oc2cc(Cl)c(Cl)cc2N)nn1. The summed E-state index contributed by atoms with van der Waals surface area (Å²) in [4.78, 5) is 13.1. The molecule has 0 unspecified atom stereocenters. The van der Waals surface area contributed by atoms with Gasteiger partial charge in [0, 0.05) is 26.2 Å². The highest BCUT2D eigenvalue weighted by Crippen LogP contribution is 2.34. The molecule has 110 valence electrons. The number of hydrogen-bond donors (Lipinski definition) is 1. The number of rotatable bonds is 3. The van der Waals surface area contributed by atoms with E-state index in [1.54, 1.807) is 14.1 Å². The predicted octanol–water partition coefficient (Wildman–Crippen LogP) is 2.86. The maximum Gasteiger partial charge on any atom is 0.273 e. The Morgan fingerprint density at radius 2 is 1.86 bits per heavy atom. The molecule has 0 bridgehead atoms. The molecule has 0 aliphatic heterocycles. The van der Waals surface area contributed by atoms with Crippen molar-refractivity contribution < 1.29 is 9.53 Å². The van der Waals surface area contributed by atoms with Crippen molar-refractivity contribution in [2.75, 3.05) is 19.8 Å². The molecule has 1 aromatic carbocycles. The van der Waals surface area contributed by atoms with E-state index in [9.17, 15) is 4.79 Å². The number of nitrogens with zero attached hydrogens (tertiary/aromatic N) is 3. The molecule has 2 N–H and O–H groups in total. The first-order chi connectivity index (χ1) is 9.88. The molecule has 2 rings (SSSR count). The van der Waals surface area contributed by atoms with Crippen molar-refractivity contribution in [2.45, 2.75) is 0 Å². The lowest BCUT2D eigenvalue weighted by Crippen LogP contribution is -2.23. The Morgan fingerprint density at radius 1 is 1.19 bits per heavy atom. The van der Waals surface area contributed by atoms with E-state index in [1.807, 2.05) is 0 Å². The molecule has 6 nitrogen and oxygen atoms in total. The summed E-state index contributed by atoms with van der Waals surface area (Å²) >= 11 is 11.7. The number of ether oxygens (including phenoxy) is 1. The molecule has 0 saturated heterocycles. The normalized spacial score (nSPS) is 10.3. The summed E-state index contributed by atoms with van der Waals surface area (Å²) < 4.78 is 5.47. The summed E-state index contributed by atoms with van der Waals surface area (Å²) in [5, 5.41) is 8.26. The van der Waals surface area contributed by atoms with Crippen LogP contribution in [-0.2, 0) is 0 Å². The Bertz CT molecular complexity index is 675. The monoisotopic (exact) mass is 326 g/mol. The van der Waals surface area contributed by atoms with Crippen molar-refractivity contribution in [3.05, 3.63) is 40.0 Å². The van der Waals surface area contributed by atoms with Gasteiger partial charge in [-0.3, -0.25) is 4.79 Å². The Kier molecular flexibility index (Phi) is 4.50. The van der Waals surface area contributed by atoms with E-state index in [-0.39, 0.29) is 17.5 Å². The third-order valence-electron chi connectivity index (χ3n) is 2.53. The zero-order valence-electron chi connectivity index (χ0n) is 11.3. The molecule has 8 heteroatoms. The minimum atomic E-state index is -0.247. The number of hydrogen-bond acceptors (Lipinski definition) is 5. The molecular weight excluding hydrogens is 315 g/mol. The number of nitrogen functional groups attached to an aromatic ring is 1. The summed E-state index contributed by atoms with van der Waals surface area (Å²) in [6, 6.07) is 6.00. The van der Waals surface area contributed by atoms with Gasteiger partial charge in [0.2, 0.25) is 5.88 Å². The zero-order valence-corrected chi connectivity index (χ0v) is 12.8. The highest BCUT2D eigenvalue weighted by atomic mass is 35.5. The van der Waals surface area contributed by atoms with Crippen LogP contribution in [0.1, 0.15) is 10.5 Å². The maximum atomic E-state index is 11.7. The van der Waals surface area contributed by atoms with Crippen molar-refractivity contribution in [1.29, 1.82) is 0 Å². The molecule has 2 aromatic rings. The molecule has 0 fully saturated rings. The molecule has 21 heavy (non-hydrogen) atoms. The average Bonchev–Trinajstić information content (AvgIpc) is 2.44. The Balaban J connectivity index is 2.21. The van der Waals surface area contributed by atoms with Crippen molar-refractivity contribution in [3.8, 4) is 11.6 Å². The van der Waals surface area contributed by atoms with Crippen LogP contribution in [0.2, 0.25) is 10.0 Å². The van der Waals surface area contributed by atoms with Crippen LogP contribution >= 0.6 is 23.2 Å². The van der Waals surface area contributed by atoms with Crippen LogP contribution in [0.5, 0.6) is 11.6 Å². The van der Waals surface area contributed by atoms with Gasteiger partial charge in [-0.15, -0.1) is 10.2 Å². The molecule has 0 spiro atoms. The summed E-state index contributed by atoms with van der Waals surface area (Å²) in [5.74, 6) is 0.254. The molecule has 0 atom stereocenters. The van der Waals surface area contributed by atoms with Gasteiger partial charge >= 0.3 is 0 Å². The molecule has 0 saturated carbocycles. The highest BCUT2D eigenvalue weighted by Gasteiger charge is 2.12. The fourth-order valence-electron chi connectivity index (χ4n) is 1.46. The second-order valence-electron chi connectivity index (χ2n) is 4.36. The van der Waals surface area contributed by atoms with Crippen molar-refractivity contribution in [3.63, 3.8) is 0 Å². The molecule has 0 aliphatic carbocycles. The smallest absolute Gasteiger partial charge is 0.273 e. The van der Waals surface area contributed by atoms with E-state index in [2.05, 4.69) is 10.2 Å². The lowest BCUT2D eigenvalue weighted by molar-refractivity contribution is 0.0820. The van der Waals surface area contributed by atoms with Crippen LogP contribution in [0.15, 0.2) is 24.3 Å². The lowest BCUT2D eigenvalue weighted by atomic mass is 10.3. The molecule has 0 radical (unpaired) electrons. The number of aromatic nitrogens is 2. The van der Waals surface area contributed by atoms with E-state index in [1.165, 1.54) is 29.2 Å². The second-order valence-corrected chi connectivity index (χ2v) is 5.18. The van der Waals surface area contributed by atoms with Gasteiger partial charge in [-0.25, -0.2) is 0 Å². The fourth-order valence-corrected chi connectivity index (χ4v) is 1.79. The standard InChI is InChI=1S/C13H12Cl2N4O2/c1-19(2)13(20)10-3-4-12(18-17-10)21-11-6-8(15)7(14)5-9(11)16/h3-6H,16H2,1-2H3. The molecule has 0 aliphatic rings. The number of carbonyl (C=O) groups is 1. The molecule has 1 heterocycles. The van der Waals surface area contributed by atoms with Crippen LogP contribution in [-0.4, -0.2) is 35.1 Å². The minimum absolute atomic E-state index is 0.190. The summed E-state index contributed by atoms with van der Waals surface area (Å²) in [6.07, 6.45) is 0. The lowest BCUT2D eigenvalue weighted by Gasteiger charge is -2.10. The van der Waals surface area contributed by atoms with Gasteiger partial charge in [-0.1, -0.05) is 23.2 Å². The van der Waals surface area contributed by atoms with E-state index >= 15 is 0 Å². The van der Waals surface area contributed by atoms with Gasteiger partial charge in [0.25, 0.3) is 5.91 Å². The van der Waals surface area contributed by atoms with Gasteiger partial charge in [-0.05, 0) is 12.1 Å². The maximum absolute atomic E-state index is 11.7. The Labute approximate surface area is 131 Å². The van der Waals surface area contributed by atoms with Gasteiger partial charge in [0.15, 0.2) is 11.4 Å². The minimum Gasteiger partial charge on any atom is -0.435 e. The van der Waals surface area contributed by atoms with Crippen molar-refractivity contribution >= 4 is 34.8 Å². The van der Waals surface area contributed by atoms with E-state index in [0.717, 1.165) is 0 Å². The van der Waals surface area contributed by atoms with E-state index < -0.39 is 0 Å². The largest absolute Gasteiger partial charge is 0.435 e. The van der Waals surface area contributed by atoms with Crippen LogP contribution in [0, 0.1) is 0 Å². The first-order valence-corrected chi connectivity index (χ1v) is 6.62. The van der Waals surface area contributed by atoms with Crippen LogP contribution in [0.3, 0.4) is 0 Å². The van der Waals surface area contributed by atoms with Gasteiger partial charge in [0.05, 0.1) is 15.7 Å². The third-order valence-corrected chi connectivity index (χ3v) is 3.25. The zero-order chi connectivity index (χ0) is 15.6. The summed E-state index contributed by atoms with van der Waals surface area (Å²) in [5.41, 5.74) is 6.32. The quantitative estimate of drug-likeness (QED) is 0.877. The van der Waals surface area contributed by atoms with Crippen molar-refractivity contribution in [2.24, 2.45) is 0 Å². The average molecular weight is 327 g/mol. The third kappa shape index (κ3) is 3.53. The van der Waals surface area contributed by atoms with Crippen LogP contribution in [0.4, 0.5) is 5.69 Å². The number of anilines is 1. The number of halogens is 2. The second kappa shape index (κ2) is 6.15. The van der Waals surface area contributed by atoms with Gasteiger partial charge in [0.1, 0.15) is 0 Å². The number of amides is 1. The Hall–Kier alpha value is -2.05. The van der Waals surface area contributed by atoms with Gasteiger partial charge in [-0.2, -0.15) is 0 Å².